The Hall–Kier alpha value is -2.56. The van der Waals surface area contributed by atoms with Crippen LogP contribution in [0.1, 0.15) is 26.7 Å². The van der Waals surface area contributed by atoms with Crippen LogP contribution < -0.4 is 0 Å². The van der Waals surface area contributed by atoms with Crippen LogP contribution in [-0.4, -0.2) is 78.4 Å². The number of carbonyl (C=O) groups is 3. The van der Waals surface area contributed by atoms with Crippen LogP contribution in [0.25, 0.3) is 0 Å². The molecular formula is C18H26N4O4. The van der Waals surface area contributed by atoms with E-state index in [4.69, 9.17) is 4.74 Å². The quantitative estimate of drug-likeness (QED) is 0.407. The van der Waals surface area contributed by atoms with Crippen LogP contribution in [0.2, 0.25) is 0 Å². The fraction of sp³-hybridized carbons (Fsp3) is 0.667. The Morgan fingerprint density at radius 2 is 1.65 bits per heavy atom. The van der Waals surface area contributed by atoms with Crippen LogP contribution in [0.15, 0.2) is 11.8 Å². The molecule has 2 amide bonds. The normalized spacial score (nSPS) is 19.1. The third-order valence-electron chi connectivity index (χ3n) is 4.82. The number of esters is 1. The van der Waals surface area contributed by atoms with Crippen molar-refractivity contribution in [2.24, 2.45) is 5.92 Å². The average Bonchev–Trinajstić information content (AvgIpc) is 2.66. The van der Waals surface area contributed by atoms with Crippen LogP contribution in [0.4, 0.5) is 0 Å². The topological polar surface area (TPSA) is 93.9 Å². The summed E-state index contributed by atoms with van der Waals surface area (Å²) < 4.78 is 5.05. The molecule has 0 bridgehead atoms. The predicted molar refractivity (Wildman–Crippen MR) is 93.5 cm³/mol. The molecule has 8 heteroatoms. The van der Waals surface area contributed by atoms with Crippen molar-refractivity contribution in [3.63, 3.8) is 0 Å². The molecule has 0 spiro atoms. The molecule has 8 nitrogen and oxygen atoms in total. The summed E-state index contributed by atoms with van der Waals surface area (Å²) in [6.45, 7) is 6.75. The molecule has 0 saturated carbocycles. The smallest absolute Gasteiger partial charge is 0.309 e. The van der Waals surface area contributed by atoms with Crippen molar-refractivity contribution in [1.82, 2.24) is 14.7 Å². The van der Waals surface area contributed by atoms with Crippen LogP contribution in [0, 0.1) is 17.2 Å². The van der Waals surface area contributed by atoms with Gasteiger partial charge in [-0.25, -0.2) is 0 Å². The van der Waals surface area contributed by atoms with Gasteiger partial charge < -0.3 is 19.4 Å². The Labute approximate surface area is 154 Å². The molecular weight excluding hydrogens is 336 g/mol. The fourth-order valence-electron chi connectivity index (χ4n) is 3.23. The first-order chi connectivity index (χ1) is 12.5. The molecule has 2 aliphatic heterocycles. The second kappa shape index (κ2) is 9.22. The van der Waals surface area contributed by atoms with Crippen molar-refractivity contribution in [2.45, 2.75) is 26.7 Å². The van der Waals surface area contributed by atoms with Gasteiger partial charge in [-0.15, -0.1) is 0 Å². The lowest BCUT2D eigenvalue weighted by Gasteiger charge is -2.34. The molecule has 2 aliphatic rings. The molecule has 0 aromatic carbocycles. The maximum atomic E-state index is 12.6. The number of ether oxygens (including phenoxy) is 1. The van der Waals surface area contributed by atoms with Gasteiger partial charge in [0, 0.05) is 52.4 Å². The zero-order chi connectivity index (χ0) is 19.1. The van der Waals surface area contributed by atoms with E-state index in [0.717, 1.165) is 0 Å². The first-order valence-electron chi connectivity index (χ1n) is 9.03. The third-order valence-corrected chi connectivity index (χ3v) is 4.82. The Balaban J connectivity index is 1.90. The molecule has 26 heavy (non-hydrogen) atoms. The molecule has 2 fully saturated rings. The summed E-state index contributed by atoms with van der Waals surface area (Å²) in [6, 6.07) is 1.99. The third kappa shape index (κ3) is 4.97. The Morgan fingerprint density at radius 3 is 2.15 bits per heavy atom. The number of nitrogens with zero attached hydrogens (tertiary/aromatic N) is 4. The monoisotopic (exact) mass is 362 g/mol. The Bertz CT molecular complexity index is 609. The molecule has 0 atom stereocenters. The summed E-state index contributed by atoms with van der Waals surface area (Å²) in [5, 5.41) is 9.38. The largest absolute Gasteiger partial charge is 0.466 e. The zero-order valence-corrected chi connectivity index (χ0v) is 15.4. The molecule has 0 aromatic heterocycles. The minimum absolute atomic E-state index is 0.00221. The van der Waals surface area contributed by atoms with Crippen LogP contribution in [0.5, 0.6) is 0 Å². The number of hydrogen-bond acceptors (Lipinski definition) is 6. The van der Waals surface area contributed by atoms with E-state index < -0.39 is 0 Å². The van der Waals surface area contributed by atoms with Crippen LogP contribution in [0.3, 0.4) is 0 Å². The predicted octanol–water partition coefficient (Wildman–Crippen LogP) is 0.360. The lowest BCUT2D eigenvalue weighted by molar-refractivity contribution is -0.149. The van der Waals surface area contributed by atoms with E-state index in [1.54, 1.807) is 22.9 Å². The zero-order valence-electron chi connectivity index (χ0n) is 15.4. The maximum Gasteiger partial charge on any atom is 0.309 e. The average molecular weight is 362 g/mol. The molecule has 2 rings (SSSR count). The van der Waals surface area contributed by atoms with Crippen molar-refractivity contribution in [2.75, 3.05) is 45.9 Å². The minimum atomic E-state index is -0.303. The number of piperazine rings is 1. The highest BCUT2D eigenvalue weighted by Gasteiger charge is 2.27. The molecule has 0 aliphatic carbocycles. The van der Waals surface area contributed by atoms with Gasteiger partial charge in [-0.1, -0.05) is 0 Å². The lowest BCUT2D eigenvalue weighted by Crippen LogP contribution is -2.50. The number of carbonyl (C=O) groups excluding carboxylic acids is 3. The number of nitriles is 1. The Morgan fingerprint density at radius 1 is 1.08 bits per heavy atom. The maximum absolute atomic E-state index is 12.6. The molecule has 2 heterocycles. The van der Waals surface area contributed by atoms with Crippen molar-refractivity contribution in [3.05, 3.63) is 11.8 Å². The van der Waals surface area contributed by atoms with E-state index in [0.29, 0.717) is 58.7 Å². The van der Waals surface area contributed by atoms with E-state index in [9.17, 15) is 19.6 Å². The molecule has 0 aromatic rings. The van der Waals surface area contributed by atoms with Gasteiger partial charge in [-0.2, -0.15) is 5.26 Å². The van der Waals surface area contributed by atoms with E-state index in [2.05, 4.69) is 0 Å². The van der Waals surface area contributed by atoms with Gasteiger partial charge in [0.25, 0.3) is 5.91 Å². The van der Waals surface area contributed by atoms with Gasteiger partial charge in [0.05, 0.1) is 12.5 Å². The number of rotatable bonds is 4. The highest BCUT2D eigenvalue weighted by atomic mass is 16.5. The fourth-order valence-corrected chi connectivity index (χ4v) is 3.23. The SMILES string of the molecule is CCOC(=O)C1CCN(/C=C(/C#N)C(=O)N2CCN(C(C)=O)CC2)CC1. The summed E-state index contributed by atoms with van der Waals surface area (Å²) in [4.78, 5) is 40.9. The van der Waals surface area contributed by atoms with Crippen molar-refractivity contribution in [3.8, 4) is 6.07 Å². The molecule has 142 valence electrons. The number of amides is 2. The van der Waals surface area contributed by atoms with Gasteiger partial charge in [0.15, 0.2) is 0 Å². The van der Waals surface area contributed by atoms with Gasteiger partial charge in [0.2, 0.25) is 5.91 Å². The highest BCUT2D eigenvalue weighted by Crippen LogP contribution is 2.20. The van der Waals surface area contributed by atoms with E-state index in [1.165, 1.54) is 6.92 Å². The van der Waals surface area contributed by atoms with Gasteiger partial charge >= 0.3 is 5.97 Å². The van der Waals surface area contributed by atoms with Crippen LogP contribution >= 0.6 is 0 Å². The van der Waals surface area contributed by atoms with E-state index >= 15 is 0 Å². The molecule has 2 saturated heterocycles. The van der Waals surface area contributed by atoms with E-state index in [1.807, 2.05) is 11.0 Å². The number of piperidine rings is 1. The summed E-state index contributed by atoms with van der Waals surface area (Å²) in [7, 11) is 0. The van der Waals surface area contributed by atoms with Gasteiger partial charge in [0.1, 0.15) is 11.6 Å². The second-order valence-electron chi connectivity index (χ2n) is 6.52. The molecule has 0 unspecified atom stereocenters. The number of hydrogen-bond donors (Lipinski definition) is 0. The molecule has 0 N–H and O–H groups in total. The summed E-state index contributed by atoms with van der Waals surface area (Å²) in [6.07, 6.45) is 2.90. The summed E-state index contributed by atoms with van der Waals surface area (Å²) in [5.41, 5.74) is 0.0934. The first kappa shape index (κ1) is 19.8. The van der Waals surface area contributed by atoms with Crippen molar-refractivity contribution >= 4 is 17.8 Å². The highest BCUT2D eigenvalue weighted by molar-refractivity contribution is 5.97. The Kier molecular flexibility index (Phi) is 7.01. The summed E-state index contributed by atoms with van der Waals surface area (Å²) in [5.74, 6) is -0.586. The van der Waals surface area contributed by atoms with Gasteiger partial charge in [-0.3, -0.25) is 14.4 Å². The summed E-state index contributed by atoms with van der Waals surface area (Å²) >= 11 is 0. The minimum Gasteiger partial charge on any atom is -0.466 e. The molecule has 0 radical (unpaired) electrons. The standard InChI is InChI=1S/C18H26N4O4/c1-3-26-18(25)15-4-6-20(7-5-15)13-16(12-19)17(24)22-10-8-21(9-11-22)14(2)23/h13,15H,3-11H2,1-2H3/b16-13-. The number of likely N-dealkylation sites (tertiary alicyclic amines) is 1. The van der Waals surface area contributed by atoms with Gasteiger partial charge in [-0.05, 0) is 19.8 Å². The van der Waals surface area contributed by atoms with Crippen molar-refractivity contribution in [1.29, 1.82) is 5.26 Å². The lowest BCUT2D eigenvalue weighted by atomic mass is 9.97. The van der Waals surface area contributed by atoms with Crippen molar-refractivity contribution < 1.29 is 19.1 Å². The first-order valence-corrected chi connectivity index (χ1v) is 9.03. The van der Waals surface area contributed by atoms with Crippen LogP contribution in [-0.2, 0) is 19.1 Å². The van der Waals surface area contributed by atoms with E-state index in [-0.39, 0.29) is 29.3 Å². The second-order valence-corrected chi connectivity index (χ2v) is 6.52.